The number of unbranched alkanes of at least 4 members (excludes halogenated alkanes) is 12. The number of rotatable bonds is 22. The Balaban J connectivity index is 1.14. The van der Waals surface area contributed by atoms with Gasteiger partial charge < -0.3 is 0 Å². The van der Waals surface area contributed by atoms with Crippen LogP contribution in [-0.4, -0.2) is 17.5 Å². The summed E-state index contributed by atoms with van der Waals surface area (Å²) in [6, 6.07) is 24.7. The Labute approximate surface area is 379 Å². The van der Waals surface area contributed by atoms with Crippen molar-refractivity contribution in [2.45, 2.75) is 162 Å². The van der Waals surface area contributed by atoms with E-state index < -0.39 is 0 Å². The molecular weight excluding hydrogens is 821 g/mol. The lowest BCUT2D eigenvalue weighted by Gasteiger charge is -2.33. The number of thiophene rings is 2. The fourth-order valence-corrected chi connectivity index (χ4v) is 13.7. The summed E-state index contributed by atoms with van der Waals surface area (Å²) < 4.78 is 22.2. The summed E-state index contributed by atoms with van der Waals surface area (Å²) in [5.74, 6) is 0. The lowest BCUT2D eigenvalue weighted by Crippen LogP contribution is -2.25. The molecule has 8 heteroatoms. The fraction of sp³-hybridized carbons (Fsp3) is 0.472. The second kappa shape index (κ2) is 19.5. The van der Waals surface area contributed by atoms with Crippen molar-refractivity contribution in [3.63, 3.8) is 0 Å². The minimum atomic E-state index is 0.00970. The van der Waals surface area contributed by atoms with Gasteiger partial charge in [-0.1, -0.05) is 142 Å². The first-order valence-electron chi connectivity index (χ1n) is 23.7. The van der Waals surface area contributed by atoms with Gasteiger partial charge in [-0.25, -0.2) is 0 Å². The van der Waals surface area contributed by atoms with Gasteiger partial charge in [0.25, 0.3) is 0 Å². The predicted octanol–water partition coefficient (Wildman–Crippen LogP) is 17.9. The van der Waals surface area contributed by atoms with E-state index in [9.17, 15) is 0 Å². The predicted molar refractivity (Wildman–Crippen MR) is 269 cm³/mol. The van der Waals surface area contributed by atoms with Crippen LogP contribution in [0.15, 0.2) is 60.7 Å². The number of hydrogen-bond donors (Lipinski definition) is 0. The Morgan fingerprint density at radius 2 is 0.820 bits per heavy atom. The molecule has 61 heavy (non-hydrogen) atoms. The molecule has 0 unspecified atom stereocenters. The van der Waals surface area contributed by atoms with Gasteiger partial charge in [0.15, 0.2) is 0 Å². The molecule has 1 aliphatic carbocycles. The lowest BCUT2D eigenvalue weighted by atomic mass is 9.70. The Hall–Kier alpha value is -3.56. The molecule has 0 amide bonds. The zero-order valence-electron chi connectivity index (χ0n) is 36.8. The topological polar surface area (TPSA) is 51.6 Å². The molecule has 318 valence electrons. The summed E-state index contributed by atoms with van der Waals surface area (Å²) in [7, 11) is 0. The maximum atomic E-state index is 4.90. The highest BCUT2D eigenvalue weighted by Crippen LogP contribution is 2.57. The molecular formula is C53H62N4S4. The standard InChI is InChI=1S/C53H62N4S4/c1-5-9-13-17-21-35-23-25-39(51-49(35)54-60-56-51)47-31-37-29-43-41(33-45(37)58-47)42-34-46-38(30-44(42)53(43,27-19-15-11-7-3)28-20-16-12-8-4)32-48(59-46)40-26-24-36(22-18-14-10-6-2)50-52(40)57-61-55-50/h23-26,29-34H,5-22,27-28H2,1-4H3. The molecule has 1 aliphatic rings. The second-order valence-corrected chi connectivity index (χ2v) is 21.1. The zero-order chi connectivity index (χ0) is 41.8. The molecule has 0 N–H and O–H groups in total. The molecule has 0 fully saturated rings. The molecule has 0 spiro atoms. The third kappa shape index (κ3) is 8.48. The van der Waals surface area contributed by atoms with E-state index in [0.29, 0.717) is 0 Å². The maximum absolute atomic E-state index is 4.90. The van der Waals surface area contributed by atoms with E-state index in [1.165, 1.54) is 202 Å². The van der Waals surface area contributed by atoms with E-state index in [0.717, 1.165) is 34.9 Å². The van der Waals surface area contributed by atoms with Gasteiger partial charge in [0, 0.05) is 35.7 Å². The van der Waals surface area contributed by atoms with Crippen molar-refractivity contribution >= 4 is 88.4 Å². The van der Waals surface area contributed by atoms with E-state index in [1.54, 1.807) is 11.1 Å². The van der Waals surface area contributed by atoms with E-state index in [1.807, 2.05) is 22.7 Å². The average molecular weight is 883 g/mol. The molecule has 4 aromatic carbocycles. The third-order valence-corrected chi connectivity index (χ3v) is 17.0. The number of nitrogens with zero attached hydrogens (tertiary/aromatic N) is 4. The van der Waals surface area contributed by atoms with E-state index in [4.69, 9.17) is 17.5 Å². The van der Waals surface area contributed by atoms with E-state index in [-0.39, 0.29) is 5.41 Å². The highest BCUT2D eigenvalue weighted by molar-refractivity contribution is 7.22. The monoisotopic (exact) mass is 882 g/mol. The minimum Gasteiger partial charge on any atom is -0.173 e. The largest absolute Gasteiger partial charge is 0.173 e. The van der Waals surface area contributed by atoms with Crippen molar-refractivity contribution in [3.05, 3.63) is 82.9 Å². The lowest BCUT2D eigenvalue weighted by molar-refractivity contribution is 0.401. The van der Waals surface area contributed by atoms with Gasteiger partial charge in [-0.2, -0.15) is 17.5 Å². The summed E-state index contributed by atoms with van der Waals surface area (Å²) in [6.07, 6.45) is 24.9. The molecule has 0 saturated carbocycles. The van der Waals surface area contributed by atoms with Crippen LogP contribution in [0, 0.1) is 0 Å². The molecule has 8 aromatic rings. The molecule has 9 rings (SSSR count). The first kappa shape index (κ1) is 42.7. The fourth-order valence-electron chi connectivity index (χ4n) is 10.3. The van der Waals surface area contributed by atoms with Gasteiger partial charge in [-0.15, -0.1) is 22.7 Å². The van der Waals surface area contributed by atoms with Crippen molar-refractivity contribution < 1.29 is 0 Å². The van der Waals surface area contributed by atoms with Gasteiger partial charge in [0.05, 0.1) is 23.5 Å². The van der Waals surface area contributed by atoms with Crippen molar-refractivity contribution in [3.8, 4) is 32.0 Å². The maximum Gasteiger partial charge on any atom is 0.113 e. The molecule has 0 atom stereocenters. The van der Waals surface area contributed by atoms with Gasteiger partial charge in [-0.05, 0) is 119 Å². The summed E-state index contributed by atoms with van der Waals surface area (Å²) >= 11 is 6.59. The van der Waals surface area contributed by atoms with Crippen molar-refractivity contribution in [2.24, 2.45) is 0 Å². The summed E-state index contributed by atoms with van der Waals surface area (Å²) in [6.45, 7) is 9.24. The molecule has 0 aliphatic heterocycles. The smallest absolute Gasteiger partial charge is 0.113 e. The number of aryl methyl sites for hydroxylation is 2. The minimum absolute atomic E-state index is 0.00970. The molecule has 0 bridgehead atoms. The van der Waals surface area contributed by atoms with Crippen molar-refractivity contribution in [1.82, 2.24) is 17.5 Å². The number of fused-ring (bicyclic) bond motifs is 7. The van der Waals surface area contributed by atoms with Crippen LogP contribution in [-0.2, 0) is 18.3 Å². The summed E-state index contributed by atoms with van der Waals surface area (Å²) in [5, 5.41) is 2.74. The Morgan fingerprint density at radius 3 is 1.25 bits per heavy atom. The van der Waals surface area contributed by atoms with E-state index >= 15 is 0 Å². The zero-order valence-corrected chi connectivity index (χ0v) is 40.1. The van der Waals surface area contributed by atoms with E-state index in [2.05, 4.69) is 88.4 Å². The molecule has 0 saturated heterocycles. The summed E-state index contributed by atoms with van der Waals surface area (Å²) in [5.41, 5.74) is 15.6. The average Bonchev–Trinajstić information content (AvgIpc) is 4.13. The first-order chi connectivity index (χ1) is 30.1. The van der Waals surface area contributed by atoms with Crippen molar-refractivity contribution in [1.29, 1.82) is 0 Å². The number of benzene rings is 4. The van der Waals surface area contributed by atoms with Crippen molar-refractivity contribution in [2.75, 3.05) is 0 Å². The molecule has 4 nitrogen and oxygen atoms in total. The highest BCUT2D eigenvalue weighted by atomic mass is 32.1. The Morgan fingerprint density at radius 1 is 0.410 bits per heavy atom. The van der Waals surface area contributed by atoms with Gasteiger partial charge in [0.1, 0.15) is 22.1 Å². The van der Waals surface area contributed by atoms with Crippen LogP contribution in [0.5, 0.6) is 0 Å². The molecule has 4 heterocycles. The van der Waals surface area contributed by atoms with Crippen LogP contribution >= 0.6 is 46.1 Å². The van der Waals surface area contributed by atoms with Crippen LogP contribution in [0.3, 0.4) is 0 Å². The first-order valence-corrected chi connectivity index (χ1v) is 26.8. The normalized spacial score (nSPS) is 13.4. The Bertz CT molecular complexity index is 2560. The van der Waals surface area contributed by atoms with Gasteiger partial charge >= 0.3 is 0 Å². The van der Waals surface area contributed by atoms with Crippen LogP contribution in [0.2, 0.25) is 0 Å². The van der Waals surface area contributed by atoms with Crippen LogP contribution < -0.4 is 0 Å². The SMILES string of the molecule is CCCCCCc1ccc(-c2cc3cc4c(cc3s2)-c2cc3sc(-c5ccc(CCCCCC)c6nsnc56)cc3cc2C4(CCCCCC)CCCCCC)c2nsnc12. The molecule has 0 radical (unpaired) electrons. The number of aromatic nitrogens is 4. The Kier molecular flexibility index (Phi) is 13.6. The van der Waals surface area contributed by atoms with Crippen LogP contribution in [0.1, 0.15) is 166 Å². The summed E-state index contributed by atoms with van der Waals surface area (Å²) in [4.78, 5) is 2.61. The van der Waals surface area contributed by atoms with Crippen LogP contribution in [0.25, 0.3) is 74.2 Å². The number of hydrogen-bond acceptors (Lipinski definition) is 8. The van der Waals surface area contributed by atoms with Gasteiger partial charge in [-0.3, -0.25) is 0 Å². The van der Waals surface area contributed by atoms with Gasteiger partial charge in [0.2, 0.25) is 0 Å². The van der Waals surface area contributed by atoms with Crippen LogP contribution in [0.4, 0.5) is 0 Å². The second-order valence-electron chi connectivity index (χ2n) is 17.9. The molecule has 4 aromatic heterocycles. The quantitative estimate of drug-likeness (QED) is 0.0636. The third-order valence-electron chi connectivity index (χ3n) is 13.7. The highest BCUT2D eigenvalue weighted by Gasteiger charge is 2.43.